The first-order valence-electron chi connectivity index (χ1n) is 6.41. The molecular weight excluding hydrogens is 274 g/mol. The standard InChI is InChI=1S/C13H17N5O3/c1-8-15-12(18-17-8)9-3-2-4-10(5-9)16-13(21)14-6-11(20)7-19/h2-5,11,19-20H,6-7H2,1H3,(H2,14,16,21)(H,15,17,18)/t11-/m0/s1. The van der Waals surface area contributed by atoms with Crippen LogP contribution in [-0.4, -0.2) is 50.7 Å². The predicted molar refractivity (Wildman–Crippen MR) is 76.7 cm³/mol. The number of aromatic amines is 1. The number of rotatable bonds is 5. The fraction of sp³-hybridized carbons (Fsp3) is 0.308. The number of amides is 2. The van der Waals surface area contributed by atoms with Crippen LogP contribution in [0.4, 0.5) is 10.5 Å². The Morgan fingerprint density at radius 2 is 2.29 bits per heavy atom. The van der Waals surface area contributed by atoms with Crippen LogP contribution >= 0.6 is 0 Å². The largest absolute Gasteiger partial charge is 0.394 e. The number of aromatic nitrogens is 3. The first-order chi connectivity index (χ1) is 10.1. The molecule has 1 aromatic carbocycles. The summed E-state index contributed by atoms with van der Waals surface area (Å²) in [7, 11) is 0. The van der Waals surface area contributed by atoms with Gasteiger partial charge in [0.1, 0.15) is 5.82 Å². The number of nitrogens with one attached hydrogen (secondary N) is 3. The van der Waals surface area contributed by atoms with E-state index in [0.29, 0.717) is 17.3 Å². The number of carbonyl (C=O) groups is 1. The summed E-state index contributed by atoms with van der Waals surface area (Å²) in [5.41, 5.74) is 1.35. The maximum Gasteiger partial charge on any atom is 0.319 e. The second kappa shape index (κ2) is 6.82. The third-order valence-electron chi connectivity index (χ3n) is 2.68. The highest BCUT2D eigenvalue weighted by molar-refractivity contribution is 5.89. The van der Waals surface area contributed by atoms with E-state index in [4.69, 9.17) is 10.2 Å². The van der Waals surface area contributed by atoms with E-state index >= 15 is 0 Å². The van der Waals surface area contributed by atoms with Gasteiger partial charge in [-0.15, -0.1) is 0 Å². The molecule has 0 bridgehead atoms. The highest BCUT2D eigenvalue weighted by atomic mass is 16.3. The van der Waals surface area contributed by atoms with Crippen LogP contribution in [0, 0.1) is 6.92 Å². The summed E-state index contributed by atoms with van der Waals surface area (Å²) in [5, 5.41) is 29.7. The number of urea groups is 1. The molecule has 8 heteroatoms. The van der Waals surface area contributed by atoms with Crippen molar-refractivity contribution < 1.29 is 15.0 Å². The number of aliphatic hydroxyl groups is 2. The molecule has 1 aromatic heterocycles. The number of benzene rings is 1. The molecule has 0 radical (unpaired) electrons. The lowest BCUT2D eigenvalue weighted by molar-refractivity contribution is 0.0965. The Morgan fingerprint density at radius 1 is 1.48 bits per heavy atom. The third-order valence-corrected chi connectivity index (χ3v) is 2.68. The van der Waals surface area contributed by atoms with Crippen molar-refractivity contribution in [3.05, 3.63) is 30.1 Å². The van der Waals surface area contributed by atoms with Crippen molar-refractivity contribution in [1.29, 1.82) is 0 Å². The molecule has 5 N–H and O–H groups in total. The molecular formula is C13H17N5O3. The number of H-pyrrole nitrogens is 1. The van der Waals surface area contributed by atoms with Crippen molar-refractivity contribution in [3.8, 4) is 11.4 Å². The van der Waals surface area contributed by atoms with Crippen molar-refractivity contribution >= 4 is 11.7 Å². The molecule has 0 spiro atoms. The van der Waals surface area contributed by atoms with Crippen LogP contribution < -0.4 is 10.6 Å². The van der Waals surface area contributed by atoms with Gasteiger partial charge in [0.05, 0.1) is 12.7 Å². The molecule has 8 nitrogen and oxygen atoms in total. The molecule has 0 fully saturated rings. The second-order valence-electron chi connectivity index (χ2n) is 4.50. The van der Waals surface area contributed by atoms with Gasteiger partial charge in [-0.2, -0.15) is 5.10 Å². The first kappa shape index (κ1) is 14.9. The number of anilines is 1. The molecule has 0 saturated heterocycles. The van der Waals surface area contributed by atoms with Gasteiger partial charge in [0.15, 0.2) is 5.82 Å². The van der Waals surface area contributed by atoms with Crippen LogP contribution in [-0.2, 0) is 0 Å². The van der Waals surface area contributed by atoms with Crippen molar-refractivity contribution in [1.82, 2.24) is 20.5 Å². The van der Waals surface area contributed by atoms with E-state index in [0.717, 1.165) is 5.56 Å². The molecule has 0 unspecified atom stereocenters. The molecule has 1 heterocycles. The Kier molecular flexibility index (Phi) is 4.85. The first-order valence-corrected chi connectivity index (χ1v) is 6.41. The van der Waals surface area contributed by atoms with Crippen molar-refractivity contribution in [2.45, 2.75) is 13.0 Å². The minimum absolute atomic E-state index is 0.0257. The van der Waals surface area contributed by atoms with Crippen LogP contribution in [0.3, 0.4) is 0 Å². The van der Waals surface area contributed by atoms with Crippen molar-refractivity contribution in [3.63, 3.8) is 0 Å². The van der Waals surface area contributed by atoms with Gasteiger partial charge in [0.2, 0.25) is 0 Å². The molecule has 2 rings (SSSR count). The van der Waals surface area contributed by atoms with Gasteiger partial charge < -0.3 is 20.8 Å². The summed E-state index contributed by atoms with van der Waals surface area (Å²) in [6.45, 7) is 1.38. The average Bonchev–Trinajstić information content (AvgIpc) is 2.91. The van der Waals surface area contributed by atoms with Gasteiger partial charge in [-0.3, -0.25) is 5.10 Å². The van der Waals surface area contributed by atoms with Crippen LogP contribution in [0.25, 0.3) is 11.4 Å². The lowest BCUT2D eigenvalue weighted by Gasteiger charge is -2.10. The van der Waals surface area contributed by atoms with Gasteiger partial charge >= 0.3 is 6.03 Å². The van der Waals surface area contributed by atoms with E-state index in [1.165, 1.54) is 0 Å². The Hall–Kier alpha value is -2.45. The normalized spacial score (nSPS) is 12.0. The van der Waals surface area contributed by atoms with Crippen LogP contribution in [0.15, 0.2) is 24.3 Å². The zero-order chi connectivity index (χ0) is 15.2. The monoisotopic (exact) mass is 291 g/mol. The van der Waals surface area contributed by atoms with E-state index in [1.54, 1.807) is 25.1 Å². The minimum atomic E-state index is -0.974. The van der Waals surface area contributed by atoms with Gasteiger partial charge in [0.25, 0.3) is 0 Å². The lowest BCUT2D eigenvalue weighted by Crippen LogP contribution is -2.36. The number of hydrogen-bond donors (Lipinski definition) is 5. The molecule has 0 aliphatic rings. The molecule has 0 aliphatic carbocycles. The maximum absolute atomic E-state index is 11.6. The number of hydrogen-bond acceptors (Lipinski definition) is 5. The Balaban J connectivity index is 1.99. The summed E-state index contributed by atoms with van der Waals surface area (Å²) < 4.78 is 0. The van der Waals surface area contributed by atoms with Crippen LogP contribution in [0.1, 0.15) is 5.82 Å². The molecule has 0 aliphatic heterocycles. The van der Waals surface area contributed by atoms with E-state index < -0.39 is 18.7 Å². The SMILES string of the molecule is Cc1nc(-c2cccc(NC(=O)NC[C@H](O)CO)c2)n[nH]1. The summed E-state index contributed by atoms with van der Waals surface area (Å²) >= 11 is 0. The number of carbonyl (C=O) groups excluding carboxylic acids is 1. The topological polar surface area (TPSA) is 123 Å². The van der Waals surface area contributed by atoms with Crippen LogP contribution in [0.2, 0.25) is 0 Å². The highest BCUT2D eigenvalue weighted by Gasteiger charge is 2.08. The summed E-state index contributed by atoms with van der Waals surface area (Å²) in [4.78, 5) is 15.8. The van der Waals surface area contributed by atoms with E-state index in [1.807, 2.05) is 6.07 Å². The molecule has 1 atom stereocenters. The second-order valence-corrected chi connectivity index (χ2v) is 4.50. The number of aryl methyl sites for hydroxylation is 1. The fourth-order valence-electron chi connectivity index (χ4n) is 1.66. The number of nitrogens with zero attached hydrogens (tertiary/aromatic N) is 2. The lowest BCUT2D eigenvalue weighted by atomic mass is 10.2. The maximum atomic E-state index is 11.6. The number of aliphatic hydroxyl groups excluding tert-OH is 2. The molecule has 21 heavy (non-hydrogen) atoms. The smallest absolute Gasteiger partial charge is 0.319 e. The molecule has 2 amide bonds. The van der Waals surface area contributed by atoms with Gasteiger partial charge in [0, 0.05) is 17.8 Å². The summed E-state index contributed by atoms with van der Waals surface area (Å²) in [5.74, 6) is 1.26. The van der Waals surface area contributed by atoms with Crippen molar-refractivity contribution in [2.75, 3.05) is 18.5 Å². The third kappa shape index (κ3) is 4.26. The van der Waals surface area contributed by atoms with E-state index in [2.05, 4.69) is 25.8 Å². The molecule has 0 saturated carbocycles. The Labute approximate surface area is 121 Å². The van der Waals surface area contributed by atoms with Crippen molar-refractivity contribution in [2.24, 2.45) is 0 Å². The summed E-state index contributed by atoms with van der Waals surface area (Å²) in [6.07, 6.45) is -0.974. The minimum Gasteiger partial charge on any atom is -0.394 e. The highest BCUT2D eigenvalue weighted by Crippen LogP contribution is 2.19. The summed E-state index contributed by atoms with van der Waals surface area (Å²) in [6, 6.07) is 6.61. The molecule has 2 aromatic rings. The van der Waals surface area contributed by atoms with E-state index in [-0.39, 0.29) is 6.54 Å². The van der Waals surface area contributed by atoms with Gasteiger partial charge in [-0.1, -0.05) is 12.1 Å². The van der Waals surface area contributed by atoms with E-state index in [9.17, 15) is 4.79 Å². The van der Waals surface area contributed by atoms with Gasteiger partial charge in [-0.05, 0) is 19.1 Å². The average molecular weight is 291 g/mol. The Morgan fingerprint density at radius 3 is 2.95 bits per heavy atom. The quantitative estimate of drug-likeness (QED) is 0.540. The Bertz CT molecular complexity index is 613. The molecule has 112 valence electrons. The van der Waals surface area contributed by atoms with Crippen LogP contribution in [0.5, 0.6) is 0 Å². The zero-order valence-corrected chi connectivity index (χ0v) is 11.5. The fourth-order valence-corrected chi connectivity index (χ4v) is 1.66. The van der Waals surface area contributed by atoms with Gasteiger partial charge in [-0.25, -0.2) is 9.78 Å². The zero-order valence-electron chi connectivity index (χ0n) is 11.5. The predicted octanol–water partition coefficient (Wildman–Crippen LogP) is 0.255.